The van der Waals surface area contributed by atoms with Gasteiger partial charge in [0.2, 0.25) is 0 Å². The molecule has 0 spiro atoms. The van der Waals surface area contributed by atoms with Gasteiger partial charge in [0.05, 0.1) is 12.3 Å². The maximum atomic E-state index is 5.70. The molecular formula is C14H24N2O2. The van der Waals surface area contributed by atoms with Crippen molar-refractivity contribution < 1.29 is 9.47 Å². The van der Waals surface area contributed by atoms with Crippen molar-refractivity contribution in [1.82, 2.24) is 5.32 Å². The van der Waals surface area contributed by atoms with Gasteiger partial charge in [-0.15, -0.1) is 0 Å². The average molecular weight is 252 g/mol. The number of methoxy groups -OCH3 is 1. The Labute approximate surface area is 110 Å². The molecule has 0 atom stereocenters. The summed E-state index contributed by atoms with van der Waals surface area (Å²) >= 11 is 0. The molecule has 1 rings (SSSR count). The van der Waals surface area contributed by atoms with Gasteiger partial charge in [-0.05, 0) is 13.3 Å². The molecule has 0 bridgehead atoms. The van der Waals surface area contributed by atoms with Crippen molar-refractivity contribution in [1.29, 1.82) is 0 Å². The summed E-state index contributed by atoms with van der Waals surface area (Å²) in [5.41, 5.74) is 2.15. The standard InChI is InChI=1S/C14H24N2O2/c1-4-5-8-15-13-7-6-12(2)16-11-14(13)18-10-9-17-3/h6,11,16H,4-5,7-10H2,1-3H3. The Balaban J connectivity index is 2.64. The summed E-state index contributed by atoms with van der Waals surface area (Å²) in [5, 5.41) is 3.19. The quantitative estimate of drug-likeness (QED) is 0.708. The number of ether oxygens (including phenoxy) is 2. The first-order valence-electron chi connectivity index (χ1n) is 6.56. The molecule has 0 saturated carbocycles. The van der Waals surface area contributed by atoms with E-state index in [1.807, 2.05) is 13.1 Å². The van der Waals surface area contributed by atoms with Gasteiger partial charge < -0.3 is 14.8 Å². The minimum atomic E-state index is 0.551. The molecule has 1 aliphatic heterocycles. The van der Waals surface area contributed by atoms with E-state index in [1.54, 1.807) is 7.11 Å². The van der Waals surface area contributed by atoms with Crippen LogP contribution >= 0.6 is 0 Å². The predicted octanol–water partition coefficient (Wildman–Crippen LogP) is 2.63. The first kappa shape index (κ1) is 14.8. The second kappa shape index (κ2) is 8.75. The molecule has 0 radical (unpaired) electrons. The van der Waals surface area contributed by atoms with Crippen LogP contribution in [0.2, 0.25) is 0 Å². The van der Waals surface area contributed by atoms with Gasteiger partial charge in [-0.2, -0.15) is 0 Å². The van der Waals surface area contributed by atoms with Crippen molar-refractivity contribution in [2.24, 2.45) is 4.99 Å². The highest BCUT2D eigenvalue weighted by Crippen LogP contribution is 2.11. The smallest absolute Gasteiger partial charge is 0.156 e. The summed E-state index contributed by atoms with van der Waals surface area (Å²) in [6.07, 6.45) is 7.12. The molecule has 4 nitrogen and oxygen atoms in total. The summed E-state index contributed by atoms with van der Waals surface area (Å²) in [6.45, 7) is 6.22. The van der Waals surface area contributed by atoms with Gasteiger partial charge >= 0.3 is 0 Å². The molecule has 1 N–H and O–H groups in total. The second-order valence-electron chi connectivity index (χ2n) is 4.27. The molecule has 0 aliphatic carbocycles. The van der Waals surface area contributed by atoms with E-state index in [0.29, 0.717) is 13.2 Å². The van der Waals surface area contributed by atoms with Crippen LogP contribution in [0.3, 0.4) is 0 Å². The zero-order chi connectivity index (χ0) is 13.2. The van der Waals surface area contributed by atoms with Crippen molar-refractivity contribution in [3.63, 3.8) is 0 Å². The number of aliphatic imine (C=N–C) groups is 1. The van der Waals surface area contributed by atoms with Crippen LogP contribution in [0.25, 0.3) is 0 Å². The predicted molar refractivity (Wildman–Crippen MR) is 74.6 cm³/mol. The van der Waals surface area contributed by atoms with E-state index in [0.717, 1.165) is 43.0 Å². The lowest BCUT2D eigenvalue weighted by molar-refractivity contribution is 0.116. The highest BCUT2D eigenvalue weighted by molar-refractivity contribution is 5.99. The lowest BCUT2D eigenvalue weighted by atomic mass is 10.2. The molecule has 1 aliphatic rings. The van der Waals surface area contributed by atoms with E-state index in [2.05, 4.69) is 23.3 Å². The largest absolute Gasteiger partial charge is 0.488 e. The Morgan fingerprint density at radius 2 is 2.22 bits per heavy atom. The van der Waals surface area contributed by atoms with Crippen LogP contribution in [0, 0.1) is 0 Å². The van der Waals surface area contributed by atoms with E-state index < -0.39 is 0 Å². The van der Waals surface area contributed by atoms with Gasteiger partial charge in [-0.25, -0.2) is 0 Å². The van der Waals surface area contributed by atoms with E-state index >= 15 is 0 Å². The summed E-state index contributed by atoms with van der Waals surface area (Å²) in [7, 11) is 1.67. The van der Waals surface area contributed by atoms with Crippen LogP contribution in [-0.4, -0.2) is 32.6 Å². The molecule has 0 fully saturated rings. The number of nitrogens with one attached hydrogen (secondary N) is 1. The lowest BCUT2D eigenvalue weighted by Crippen LogP contribution is -2.11. The van der Waals surface area contributed by atoms with Crippen molar-refractivity contribution in [2.75, 3.05) is 26.9 Å². The van der Waals surface area contributed by atoms with Crippen LogP contribution in [0.1, 0.15) is 33.1 Å². The molecule has 0 aromatic rings. The number of allylic oxidation sites excluding steroid dienone is 3. The van der Waals surface area contributed by atoms with Gasteiger partial charge in [-0.1, -0.05) is 19.4 Å². The average Bonchev–Trinajstić information content (AvgIpc) is 2.54. The third-order valence-corrected chi connectivity index (χ3v) is 2.68. The van der Waals surface area contributed by atoms with Gasteiger partial charge in [-0.3, -0.25) is 4.99 Å². The first-order valence-corrected chi connectivity index (χ1v) is 6.56. The van der Waals surface area contributed by atoms with Crippen LogP contribution < -0.4 is 5.32 Å². The van der Waals surface area contributed by atoms with Gasteiger partial charge in [0.1, 0.15) is 6.61 Å². The van der Waals surface area contributed by atoms with Crippen LogP contribution in [0.15, 0.2) is 28.7 Å². The first-order chi connectivity index (χ1) is 8.77. The lowest BCUT2D eigenvalue weighted by Gasteiger charge is -2.10. The molecule has 0 saturated heterocycles. The summed E-state index contributed by atoms with van der Waals surface area (Å²) in [4.78, 5) is 4.63. The summed E-state index contributed by atoms with van der Waals surface area (Å²) in [6, 6.07) is 0. The van der Waals surface area contributed by atoms with Gasteiger partial charge in [0.15, 0.2) is 5.76 Å². The van der Waals surface area contributed by atoms with Crippen molar-refractivity contribution >= 4 is 5.71 Å². The molecule has 0 aromatic heterocycles. The van der Waals surface area contributed by atoms with E-state index in [4.69, 9.17) is 9.47 Å². The van der Waals surface area contributed by atoms with Crippen LogP contribution in [0.4, 0.5) is 0 Å². The SMILES string of the molecule is CCCCN=C1CC=C(C)NC=C1OCCOC. The normalized spacial score (nSPS) is 17.8. The monoisotopic (exact) mass is 252 g/mol. The number of rotatable bonds is 7. The summed E-state index contributed by atoms with van der Waals surface area (Å²) < 4.78 is 10.7. The molecule has 4 heteroatoms. The number of nitrogens with zero attached hydrogens (tertiary/aromatic N) is 1. The van der Waals surface area contributed by atoms with E-state index in [9.17, 15) is 0 Å². The molecule has 1 heterocycles. The van der Waals surface area contributed by atoms with Gasteiger partial charge in [0.25, 0.3) is 0 Å². The molecular weight excluding hydrogens is 228 g/mol. The highest BCUT2D eigenvalue weighted by Gasteiger charge is 2.10. The molecule has 0 aromatic carbocycles. The highest BCUT2D eigenvalue weighted by atomic mass is 16.5. The number of hydrogen-bond donors (Lipinski definition) is 1. The molecule has 18 heavy (non-hydrogen) atoms. The Kier molecular flexibility index (Phi) is 7.18. The topological polar surface area (TPSA) is 42.9 Å². The fraction of sp³-hybridized carbons (Fsp3) is 0.643. The third-order valence-electron chi connectivity index (χ3n) is 2.68. The number of unbranched alkanes of at least 4 members (excludes halogenated alkanes) is 1. The molecule has 0 amide bonds. The minimum Gasteiger partial charge on any atom is -0.488 e. The fourth-order valence-corrected chi connectivity index (χ4v) is 1.55. The van der Waals surface area contributed by atoms with E-state index in [1.165, 1.54) is 0 Å². The van der Waals surface area contributed by atoms with Crippen molar-refractivity contribution in [2.45, 2.75) is 33.1 Å². The zero-order valence-electron chi connectivity index (χ0n) is 11.7. The zero-order valence-corrected chi connectivity index (χ0v) is 11.7. The fourth-order valence-electron chi connectivity index (χ4n) is 1.55. The molecule has 0 unspecified atom stereocenters. The Morgan fingerprint density at radius 1 is 1.39 bits per heavy atom. The Bertz CT molecular complexity index is 333. The minimum absolute atomic E-state index is 0.551. The van der Waals surface area contributed by atoms with Crippen LogP contribution in [0.5, 0.6) is 0 Å². The third kappa shape index (κ3) is 5.36. The van der Waals surface area contributed by atoms with Crippen molar-refractivity contribution in [3.8, 4) is 0 Å². The Hall–Kier alpha value is -1.29. The van der Waals surface area contributed by atoms with Crippen LogP contribution in [-0.2, 0) is 9.47 Å². The Morgan fingerprint density at radius 3 is 2.94 bits per heavy atom. The number of hydrogen-bond acceptors (Lipinski definition) is 4. The second-order valence-corrected chi connectivity index (χ2v) is 4.27. The summed E-state index contributed by atoms with van der Waals surface area (Å²) in [5.74, 6) is 0.830. The van der Waals surface area contributed by atoms with Crippen molar-refractivity contribution in [3.05, 3.63) is 23.7 Å². The maximum absolute atomic E-state index is 5.70. The molecule has 102 valence electrons. The van der Waals surface area contributed by atoms with E-state index in [-0.39, 0.29) is 0 Å². The van der Waals surface area contributed by atoms with Gasteiger partial charge in [0, 0.05) is 32.0 Å². The maximum Gasteiger partial charge on any atom is 0.156 e.